The van der Waals surface area contributed by atoms with E-state index in [0.29, 0.717) is 22.2 Å². The second-order valence-corrected chi connectivity index (χ2v) is 10.2. The molecule has 5 rings (SSSR count). The smallest absolute Gasteiger partial charge is 0.265 e. The molecule has 0 unspecified atom stereocenters. The number of pyridine rings is 1. The van der Waals surface area contributed by atoms with Gasteiger partial charge in [-0.1, -0.05) is 42.5 Å². The van der Waals surface area contributed by atoms with Crippen LogP contribution in [0.2, 0.25) is 0 Å². The highest BCUT2D eigenvalue weighted by Crippen LogP contribution is 2.30. The Morgan fingerprint density at radius 1 is 0.872 bits per heavy atom. The van der Waals surface area contributed by atoms with Gasteiger partial charge in [-0.25, -0.2) is 13.0 Å². The van der Waals surface area contributed by atoms with Gasteiger partial charge in [0.25, 0.3) is 15.6 Å². The maximum atomic E-state index is 13.5. The summed E-state index contributed by atoms with van der Waals surface area (Å²) < 4.78 is 35.2. The lowest BCUT2D eigenvalue weighted by molar-refractivity contribution is 0.417. The van der Waals surface area contributed by atoms with Crippen LogP contribution in [0.25, 0.3) is 16.5 Å². The second-order valence-electron chi connectivity index (χ2n) is 8.50. The zero-order valence-electron chi connectivity index (χ0n) is 20.6. The molecule has 0 spiro atoms. The first-order valence-corrected chi connectivity index (χ1v) is 13.2. The normalized spacial score (nSPS) is 11.6. The number of benzene rings is 4. The van der Waals surface area contributed by atoms with E-state index >= 15 is 0 Å². The number of aromatic nitrogens is 1. The summed E-state index contributed by atoms with van der Waals surface area (Å²) >= 11 is 0. The molecule has 0 amide bonds. The predicted octanol–water partition coefficient (Wildman–Crippen LogP) is 4.96. The van der Waals surface area contributed by atoms with Gasteiger partial charge in [0.2, 0.25) is 5.88 Å². The zero-order valence-corrected chi connectivity index (χ0v) is 21.5. The van der Waals surface area contributed by atoms with Gasteiger partial charge in [-0.3, -0.25) is 14.5 Å². The second kappa shape index (κ2) is 10.3. The molecule has 5 aromatic rings. The molecule has 0 aliphatic heterocycles. The van der Waals surface area contributed by atoms with Crippen LogP contribution in [0, 0.1) is 0 Å². The van der Waals surface area contributed by atoms with Gasteiger partial charge in [0.15, 0.2) is 0 Å². The molecule has 10 heteroatoms. The van der Waals surface area contributed by atoms with E-state index in [1.54, 1.807) is 60.7 Å². The lowest BCUT2D eigenvalue weighted by Crippen LogP contribution is -2.21. The van der Waals surface area contributed by atoms with Gasteiger partial charge in [0.1, 0.15) is 11.5 Å². The third kappa shape index (κ3) is 5.05. The van der Waals surface area contributed by atoms with E-state index in [0.717, 1.165) is 4.57 Å². The summed E-state index contributed by atoms with van der Waals surface area (Å²) in [6.07, 6.45) is 1.40. The van der Waals surface area contributed by atoms with Crippen molar-refractivity contribution in [2.24, 2.45) is 4.99 Å². The van der Waals surface area contributed by atoms with Crippen LogP contribution in [0.5, 0.6) is 17.4 Å². The Balaban J connectivity index is 1.64. The van der Waals surface area contributed by atoms with Crippen LogP contribution in [-0.4, -0.2) is 36.5 Å². The number of phenolic OH excluding ortho intramolecular Hbond substituents is 1. The SMILES string of the molecule is COc1ccccc1NS(=O)(=O)c1cccc(-n2c(O)c(C=Nc3cccc(O)c3)c3ccccc3c2=O)c1. The molecular formula is C29H23N3O6S. The first-order chi connectivity index (χ1) is 18.8. The van der Waals surface area contributed by atoms with Gasteiger partial charge in [-0.15, -0.1) is 0 Å². The molecule has 39 heavy (non-hydrogen) atoms. The third-order valence-corrected chi connectivity index (χ3v) is 7.38. The van der Waals surface area contributed by atoms with E-state index in [1.165, 1.54) is 49.7 Å². The van der Waals surface area contributed by atoms with Crippen molar-refractivity contribution in [2.75, 3.05) is 11.8 Å². The van der Waals surface area contributed by atoms with Gasteiger partial charge in [-0.05, 0) is 48.5 Å². The molecule has 0 aliphatic rings. The molecule has 1 heterocycles. The van der Waals surface area contributed by atoms with Crippen LogP contribution in [0.3, 0.4) is 0 Å². The van der Waals surface area contributed by atoms with E-state index in [1.807, 2.05) is 0 Å². The minimum Gasteiger partial charge on any atom is -0.508 e. The average molecular weight is 542 g/mol. The summed E-state index contributed by atoms with van der Waals surface area (Å²) in [5, 5.41) is 21.8. The fourth-order valence-electron chi connectivity index (χ4n) is 4.16. The van der Waals surface area contributed by atoms with E-state index < -0.39 is 21.5 Å². The largest absolute Gasteiger partial charge is 0.508 e. The topological polar surface area (TPSA) is 130 Å². The Kier molecular flexibility index (Phi) is 6.78. The van der Waals surface area contributed by atoms with Gasteiger partial charge >= 0.3 is 0 Å². The standard InChI is InChI=1S/C29H23N3O6S/c1-38-27-15-5-4-14-26(27)31-39(36,37)22-11-7-9-20(17-22)32-28(34)24-13-3-2-12-23(24)25(29(32)35)18-30-19-8-6-10-21(33)16-19/h2-18,31,33,35H,1H3. The highest BCUT2D eigenvalue weighted by atomic mass is 32.2. The number of rotatable bonds is 7. The van der Waals surface area contributed by atoms with Crippen LogP contribution in [-0.2, 0) is 10.0 Å². The zero-order chi connectivity index (χ0) is 27.6. The van der Waals surface area contributed by atoms with Crippen LogP contribution >= 0.6 is 0 Å². The minimum absolute atomic E-state index is 0.0310. The molecule has 1 aromatic heterocycles. The Bertz CT molecular complexity index is 1900. The molecule has 0 saturated carbocycles. The number of phenols is 1. The van der Waals surface area contributed by atoms with Gasteiger partial charge in [-0.2, -0.15) is 0 Å². The van der Waals surface area contributed by atoms with Gasteiger partial charge < -0.3 is 14.9 Å². The Labute approximate surface area is 224 Å². The van der Waals surface area contributed by atoms with Gasteiger partial charge in [0.05, 0.1) is 34.6 Å². The molecule has 196 valence electrons. The van der Waals surface area contributed by atoms with E-state index in [2.05, 4.69) is 9.71 Å². The van der Waals surface area contributed by atoms with Crippen LogP contribution < -0.4 is 15.0 Å². The molecule has 0 bridgehead atoms. The number of hydrogen-bond acceptors (Lipinski definition) is 7. The molecular weight excluding hydrogens is 518 g/mol. The molecule has 0 saturated heterocycles. The summed E-state index contributed by atoms with van der Waals surface area (Å²) in [7, 11) is -2.65. The fourth-order valence-corrected chi connectivity index (χ4v) is 5.27. The quantitative estimate of drug-likeness (QED) is 0.250. The Morgan fingerprint density at radius 3 is 2.36 bits per heavy atom. The first kappa shape index (κ1) is 25.6. The molecule has 0 radical (unpaired) electrons. The number of fused-ring (bicyclic) bond motifs is 1. The Morgan fingerprint density at radius 2 is 1.59 bits per heavy atom. The number of sulfonamides is 1. The van der Waals surface area contributed by atoms with Crippen LogP contribution in [0.4, 0.5) is 11.4 Å². The van der Waals surface area contributed by atoms with Crippen LogP contribution in [0.15, 0.2) is 112 Å². The Hall–Kier alpha value is -5.09. The van der Waals surface area contributed by atoms with Gasteiger partial charge in [0, 0.05) is 23.1 Å². The van der Waals surface area contributed by atoms with Crippen molar-refractivity contribution in [2.45, 2.75) is 4.90 Å². The summed E-state index contributed by atoms with van der Waals surface area (Å²) in [6, 6.07) is 25.3. The van der Waals surface area contributed by atoms with Crippen LogP contribution in [0.1, 0.15) is 5.56 Å². The van der Waals surface area contributed by atoms with E-state index in [4.69, 9.17) is 4.74 Å². The number of anilines is 1. The van der Waals surface area contributed by atoms with Crippen molar-refractivity contribution in [3.05, 3.63) is 113 Å². The van der Waals surface area contributed by atoms with Crippen molar-refractivity contribution >= 4 is 38.4 Å². The molecule has 3 N–H and O–H groups in total. The summed E-state index contributed by atoms with van der Waals surface area (Å²) in [6.45, 7) is 0. The summed E-state index contributed by atoms with van der Waals surface area (Å²) in [5.74, 6) is -0.0467. The van der Waals surface area contributed by atoms with Crippen molar-refractivity contribution in [3.63, 3.8) is 0 Å². The third-order valence-electron chi connectivity index (χ3n) is 6.01. The number of ether oxygens (including phenoxy) is 1. The lowest BCUT2D eigenvalue weighted by Gasteiger charge is -2.15. The summed E-state index contributed by atoms with van der Waals surface area (Å²) in [5.41, 5.74) is 0.533. The molecule has 0 fully saturated rings. The predicted molar refractivity (Wildman–Crippen MR) is 150 cm³/mol. The number of methoxy groups -OCH3 is 1. The summed E-state index contributed by atoms with van der Waals surface area (Å²) in [4.78, 5) is 17.7. The maximum absolute atomic E-state index is 13.5. The number of para-hydroxylation sites is 2. The van der Waals surface area contributed by atoms with Crippen molar-refractivity contribution < 1.29 is 23.4 Å². The monoisotopic (exact) mass is 541 g/mol. The number of aromatic hydroxyl groups is 2. The molecule has 4 aromatic carbocycles. The van der Waals surface area contributed by atoms with Crippen molar-refractivity contribution in [1.29, 1.82) is 0 Å². The number of nitrogens with zero attached hydrogens (tertiary/aromatic N) is 2. The first-order valence-electron chi connectivity index (χ1n) is 11.7. The molecule has 0 aliphatic carbocycles. The number of nitrogens with one attached hydrogen (secondary N) is 1. The lowest BCUT2D eigenvalue weighted by atomic mass is 10.1. The average Bonchev–Trinajstić information content (AvgIpc) is 2.93. The van der Waals surface area contributed by atoms with Crippen molar-refractivity contribution in [3.8, 4) is 23.1 Å². The molecule has 0 atom stereocenters. The van der Waals surface area contributed by atoms with E-state index in [9.17, 15) is 23.4 Å². The number of aliphatic imine (C=N–C) groups is 1. The fraction of sp³-hybridized carbons (Fsp3) is 0.0345. The molecule has 9 nitrogen and oxygen atoms in total. The maximum Gasteiger partial charge on any atom is 0.265 e. The highest BCUT2D eigenvalue weighted by Gasteiger charge is 2.20. The van der Waals surface area contributed by atoms with E-state index in [-0.39, 0.29) is 27.6 Å². The highest BCUT2D eigenvalue weighted by molar-refractivity contribution is 7.92. The van der Waals surface area contributed by atoms with Crippen molar-refractivity contribution in [1.82, 2.24) is 4.57 Å². The minimum atomic E-state index is -4.08. The number of hydrogen-bond donors (Lipinski definition) is 3.